The molecule has 0 aromatic carbocycles. The first-order valence-electron chi connectivity index (χ1n) is 3.84. The molecule has 60 valence electrons. The van der Waals surface area contributed by atoms with Gasteiger partial charge in [-0.1, -0.05) is 24.3 Å². The number of allylic oxidation sites excluding steroid dienone is 3. The highest BCUT2D eigenvalue weighted by atomic mass is 16.5. The monoisotopic (exact) mass is 152 g/mol. The molecule has 1 aliphatic carbocycles. The lowest BCUT2D eigenvalue weighted by Crippen LogP contribution is -2.15. The van der Waals surface area contributed by atoms with Crippen molar-refractivity contribution in [2.75, 3.05) is 6.61 Å². The Hall–Kier alpha value is -1.05. The van der Waals surface area contributed by atoms with Crippen LogP contribution >= 0.6 is 0 Å². The topological polar surface area (TPSA) is 26.3 Å². The minimum absolute atomic E-state index is 0.0556. The van der Waals surface area contributed by atoms with Crippen molar-refractivity contribution < 1.29 is 9.53 Å². The van der Waals surface area contributed by atoms with Crippen LogP contribution in [0.4, 0.5) is 0 Å². The summed E-state index contributed by atoms with van der Waals surface area (Å²) in [4.78, 5) is 11.1. The molecule has 0 fully saturated rings. The standard InChI is InChI=1S/C9H12O2/c1-2-11-9(10)8-6-4-3-5-7-8/h3-6,8H,2,7H2,1H3. The Morgan fingerprint density at radius 3 is 3.00 bits per heavy atom. The van der Waals surface area contributed by atoms with E-state index in [2.05, 4.69) is 0 Å². The summed E-state index contributed by atoms with van der Waals surface area (Å²) >= 11 is 0. The SMILES string of the molecule is CCOC(=O)C1C=CC=CC1. The first kappa shape index (κ1) is 8.05. The van der Waals surface area contributed by atoms with E-state index in [1.165, 1.54) is 0 Å². The van der Waals surface area contributed by atoms with Crippen LogP contribution in [0.2, 0.25) is 0 Å². The molecule has 2 heteroatoms. The molecule has 0 bridgehead atoms. The van der Waals surface area contributed by atoms with Crippen molar-refractivity contribution in [1.82, 2.24) is 0 Å². The van der Waals surface area contributed by atoms with Gasteiger partial charge in [0.25, 0.3) is 0 Å². The molecule has 2 nitrogen and oxygen atoms in total. The van der Waals surface area contributed by atoms with Crippen LogP contribution in [-0.2, 0) is 9.53 Å². The largest absolute Gasteiger partial charge is 0.466 e. The van der Waals surface area contributed by atoms with Crippen molar-refractivity contribution in [1.29, 1.82) is 0 Å². The zero-order valence-electron chi connectivity index (χ0n) is 6.62. The fourth-order valence-corrected chi connectivity index (χ4v) is 1.00. The van der Waals surface area contributed by atoms with E-state index >= 15 is 0 Å². The molecule has 0 saturated carbocycles. The Bertz CT molecular complexity index is 192. The van der Waals surface area contributed by atoms with Gasteiger partial charge in [0.15, 0.2) is 0 Å². The molecule has 0 heterocycles. The van der Waals surface area contributed by atoms with Crippen molar-refractivity contribution >= 4 is 5.97 Å². The number of carbonyl (C=O) groups is 1. The average Bonchev–Trinajstić information content (AvgIpc) is 2.07. The van der Waals surface area contributed by atoms with E-state index < -0.39 is 0 Å². The second-order valence-corrected chi connectivity index (χ2v) is 2.41. The van der Waals surface area contributed by atoms with Crippen LogP contribution < -0.4 is 0 Å². The quantitative estimate of drug-likeness (QED) is 0.563. The van der Waals surface area contributed by atoms with E-state index in [1.54, 1.807) is 0 Å². The molecule has 0 amide bonds. The molecule has 1 atom stereocenters. The Balaban J connectivity index is 2.42. The predicted octanol–water partition coefficient (Wildman–Crippen LogP) is 1.68. The fraction of sp³-hybridized carbons (Fsp3) is 0.444. The van der Waals surface area contributed by atoms with Crippen LogP contribution in [0.15, 0.2) is 24.3 Å². The van der Waals surface area contributed by atoms with E-state index in [1.807, 2.05) is 31.2 Å². The molecule has 0 radical (unpaired) electrons. The minimum atomic E-state index is -0.117. The maximum atomic E-state index is 11.1. The summed E-state index contributed by atoms with van der Waals surface area (Å²) in [6.45, 7) is 2.28. The van der Waals surface area contributed by atoms with E-state index in [0.29, 0.717) is 6.61 Å². The average molecular weight is 152 g/mol. The molecule has 0 N–H and O–H groups in total. The summed E-state index contributed by atoms with van der Waals surface area (Å²) in [5.41, 5.74) is 0. The van der Waals surface area contributed by atoms with E-state index in [9.17, 15) is 4.79 Å². The van der Waals surface area contributed by atoms with Crippen LogP contribution in [0, 0.1) is 5.92 Å². The van der Waals surface area contributed by atoms with Gasteiger partial charge in [0.1, 0.15) is 0 Å². The maximum absolute atomic E-state index is 11.1. The molecular formula is C9H12O2. The number of rotatable bonds is 2. The summed E-state index contributed by atoms with van der Waals surface area (Å²) in [7, 11) is 0. The third kappa shape index (κ3) is 2.22. The third-order valence-corrected chi connectivity index (χ3v) is 1.57. The lowest BCUT2D eigenvalue weighted by atomic mass is 10.0. The Kier molecular flexibility index (Phi) is 2.90. The van der Waals surface area contributed by atoms with Crippen molar-refractivity contribution in [3.8, 4) is 0 Å². The molecule has 0 spiro atoms. The smallest absolute Gasteiger partial charge is 0.313 e. The van der Waals surface area contributed by atoms with Crippen LogP contribution in [0.25, 0.3) is 0 Å². The lowest BCUT2D eigenvalue weighted by molar-refractivity contribution is -0.146. The van der Waals surface area contributed by atoms with Gasteiger partial charge in [-0.3, -0.25) is 4.79 Å². The zero-order valence-corrected chi connectivity index (χ0v) is 6.62. The van der Waals surface area contributed by atoms with Crippen LogP contribution in [-0.4, -0.2) is 12.6 Å². The number of ether oxygens (including phenoxy) is 1. The summed E-state index contributed by atoms with van der Waals surface area (Å²) in [6.07, 6.45) is 8.44. The van der Waals surface area contributed by atoms with Crippen LogP contribution in [0.1, 0.15) is 13.3 Å². The van der Waals surface area contributed by atoms with Crippen LogP contribution in [0.3, 0.4) is 0 Å². The van der Waals surface area contributed by atoms with Gasteiger partial charge in [-0.05, 0) is 13.3 Å². The lowest BCUT2D eigenvalue weighted by Gasteiger charge is -2.10. The first-order valence-corrected chi connectivity index (χ1v) is 3.84. The molecule has 11 heavy (non-hydrogen) atoms. The number of esters is 1. The van der Waals surface area contributed by atoms with Crippen LogP contribution in [0.5, 0.6) is 0 Å². The van der Waals surface area contributed by atoms with Gasteiger partial charge >= 0.3 is 5.97 Å². The fourth-order valence-electron chi connectivity index (χ4n) is 1.00. The summed E-state index contributed by atoms with van der Waals surface area (Å²) in [5.74, 6) is -0.173. The van der Waals surface area contributed by atoms with Gasteiger partial charge in [0.05, 0.1) is 12.5 Å². The number of hydrogen-bond acceptors (Lipinski definition) is 2. The Morgan fingerprint density at radius 2 is 2.45 bits per heavy atom. The van der Waals surface area contributed by atoms with Gasteiger partial charge in [-0.2, -0.15) is 0 Å². The van der Waals surface area contributed by atoms with E-state index in [-0.39, 0.29) is 11.9 Å². The molecule has 0 aromatic heterocycles. The molecular weight excluding hydrogens is 140 g/mol. The van der Waals surface area contributed by atoms with Crippen molar-refractivity contribution in [2.45, 2.75) is 13.3 Å². The van der Waals surface area contributed by atoms with Gasteiger partial charge in [-0.25, -0.2) is 0 Å². The minimum Gasteiger partial charge on any atom is -0.466 e. The summed E-state index contributed by atoms with van der Waals surface area (Å²) < 4.78 is 4.86. The first-order chi connectivity index (χ1) is 5.34. The molecule has 1 aliphatic rings. The van der Waals surface area contributed by atoms with Crippen molar-refractivity contribution in [3.63, 3.8) is 0 Å². The Labute approximate surface area is 66.5 Å². The normalized spacial score (nSPS) is 21.7. The Morgan fingerprint density at radius 1 is 1.64 bits per heavy atom. The highest BCUT2D eigenvalue weighted by Crippen LogP contribution is 2.12. The second-order valence-electron chi connectivity index (χ2n) is 2.41. The van der Waals surface area contributed by atoms with Gasteiger partial charge in [-0.15, -0.1) is 0 Å². The van der Waals surface area contributed by atoms with Crippen molar-refractivity contribution in [2.24, 2.45) is 5.92 Å². The summed E-state index contributed by atoms with van der Waals surface area (Å²) in [6, 6.07) is 0. The predicted molar refractivity (Wildman–Crippen MR) is 43.0 cm³/mol. The van der Waals surface area contributed by atoms with Gasteiger partial charge < -0.3 is 4.74 Å². The van der Waals surface area contributed by atoms with E-state index in [0.717, 1.165) is 6.42 Å². The molecule has 0 saturated heterocycles. The van der Waals surface area contributed by atoms with Gasteiger partial charge in [0, 0.05) is 0 Å². The molecule has 0 aromatic rings. The van der Waals surface area contributed by atoms with Crippen molar-refractivity contribution in [3.05, 3.63) is 24.3 Å². The second kappa shape index (κ2) is 3.96. The highest BCUT2D eigenvalue weighted by Gasteiger charge is 2.15. The number of hydrogen-bond donors (Lipinski definition) is 0. The van der Waals surface area contributed by atoms with E-state index in [4.69, 9.17) is 4.74 Å². The maximum Gasteiger partial charge on any atom is 0.313 e. The molecule has 1 unspecified atom stereocenters. The molecule has 0 aliphatic heterocycles. The van der Waals surface area contributed by atoms with Gasteiger partial charge in [0.2, 0.25) is 0 Å². The molecule has 1 rings (SSSR count). The zero-order chi connectivity index (χ0) is 8.10. The highest BCUT2D eigenvalue weighted by molar-refractivity contribution is 5.75. The summed E-state index contributed by atoms with van der Waals surface area (Å²) in [5, 5.41) is 0. The number of carbonyl (C=O) groups excluding carboxylic acids is 1. The third-order valence-electron chi connectivity index (χ3n) is 1.57.